The number of fused-ring (bicyclic) bond motifs is 1. The maximum absolute atomic E-state index is 6.27. The number of nitrogens with zero attached hydrogens (tertiary/aromatic N) is 2. The van der Waals surface area contributed by atoms with Crippen molar-refractivity contribution in [3.8, 4) is 17.0 Å². The molecule has 0 spiro atoms. The lowest BCUT2D eigenvalue weighted by Crippen LogP contribution is -1.98. The first-order chi connectivity index (χ1) is 10.6. The smallest absolute Gasteiger partial charge is 0.139 e. The van der Waals surface area contributed by atoms with E-state index in [1.54, 1.807) is 0 Å². The molecule has 2 aromatic heterocycles. The summed E-state index contributed by atoms with van der Waals surface area (Å²) in [4.78, 5) is 4.63. The standard InChI is InChI=1S/C18H19N3O/c1-12(2)11-22-15-9-7-14(8-10-15)17-18(19)21-13(3)5-4-6-16(21)20-17/h4-10H,1,11,19H2,2-3H3. The largest absolute Gasteiger partial charge is 0.489 e. The summed E-state index contributed by atoms with van der Waals surface area (Å²) < 4.78 is 7.57. The van der Waals surface area contributed by atoms with Gasteiger partial charge in [0.2, 0.25) is 0 Å². The van der Waals surface area contributed by atoms with Gasteiger partial charge in [-0.05, 0) is 55.8 Å². The van der Waals surface area contributed by atoms with E-state index in [2.05, 4.69) is 11.6 Å². The first-order valence-corrected chi connectivity index (χ1v) is 7.17. The fourth-order valence-electron chi connectivity index (χ4n) is 2.41. The molecular weight excluding hydrogens is 274 g/mol. The molecule has 0 unspecified atom stereocenters. The summed E-state index contributed by atoms with van der Waals surface area (Å²) in [5, 5.41) is 0. The highest BCUT2D eigenvalue weighted by atomic mass is 16.5. The van der Waals surface area contributed by atoms with E-state index in [0.717, 1.165) is 33.9 Å². The Kier molecular flexibility index (Phi) is 3.59. The Morgan fingerprint density at radius 2 is 1.95 bits per heavy atom. The number of hydrogen-bond acceptors (Lipinski definition) is 3. The predicted octanol–water partition coefficient (Wildman–Crippen LogP) is 3.85. The highest BCUT2D eigenvalue weighted by Gasteiger charge is 2.12. The van der Waals surface area contributed by atoms with Gasteiger partial charge in [-0.15, -0.1) is 0 Å². The third-order valence-corrected chi connectivity index (χ3v) is 3.49. The summed E-state index contributed by atoms with van der Waals surface area (Å²) in [6.45, 7) is 8.30. The molecule has 4 nitrogen and oxygen atoms in total. The van der Waals surface area contributed by atoms with Crippen molar-refractivity contribution >= 4 is 11.5 Å². The van der Waals surface area contributed by atoms with Gasteiger partial charge in [-0.3, -0.25) is 4.40 Å². The van der Waals surface area contributed by atoms with Crippen LogP contribution in [0.4, 0.5) is 5.82 Å². The van der Waals surface area contributed by atoms with Crippen molar-refractivity contribution < 1.29 is 4.74 Å². The average Bonchev–Trinajstić information content (AvgIpc) is 2.84. The maximum atomic E-state index is 6.27. The molecule has 0 saturated carbocycles. The zero-order valence-corrected chi connectivity index (χ0v) is 12.8. The lowest BCUT2D eigenvalue weighted by atomic mass is 10.1. The number of rotatable bonds is 4. The highest BCUT2D eigenvalue weighted by Crippen LogP contribution is 2.28. The number of benzene rings is 1. The van der Waals surface area contributed by atoms with Crippen molar-refractivity contribution in [3.63, 3.8) is 0 Å². The van der Waals surface area contributed by atoms with E-state index in [0.29, 0.717) is 12.4 Å². The van der Waals surface area contributed by atoms with Gasteiger partial charge in [-0.1, -0.05) is 12.6 Å². The fourth-order valence-corrected chi connectivity index (χ4v) is 2.41. The van der Waals surface area contributed by atoms with Gasteiger partial charge in [0.15, 0.2) is 0 Å². The van der Waals surface area contributed by atoms with Gasteiger partial charge >= 0.3 is 0 Å². The number of aryl methyl sites for hydroxylation is 1. The SMILES string of the molecule is C=C(C)COc1ccc(-c2nc3cccc(C)n3c2N)cc1. The van der Waals surface area contributed by atoms with Crippen LogP contribution in [0.5, 0.6) is 5.75 Å². The predicted molar refractivity (Wildman–Crippen MR) is 90.1 cm³/mol. The van der Waals surface area contributed by atoms with Crippen LogP contribution in [-0.4, -0.2) is 16.0 Å². The Morgan fingerprint density at radius 1 is 1.23 bits per heavy atom. The molecule has 2 heterocycles. The number of hydrogen-bond donors (Lipinski definition) is 1. The quantitative estimate of drug-likeness (QED) is 0.743. The molecular formula is C18H19N3O. The Labute approximate surface area is 129 Å². The minimum Gasteiger partial charge on any atom is -0.489 e. The summed E-state index contributed by atoms with van der Waals surface area (Å²) >= 11 is 0. The molecule has 3 rings (SSSR count). The summed E-state index contributed by atoms with van der Waals surface area (Å²) in [5.41, 5.74) is 10.9. The lowest BCUT2D eigenvalue weighted by molar-refractivity contribution is 0.353. The van der Waals surface area contributed by atoms with E-state index in [4.69, 9.17) is 10.5 Å². The first-order valence-electron chi connectivity index (χ1n) is 7.17. The van der Waals surface area contributed by atoms with E-state index >= 15 is 0 Å². The minimum absolute atomic E-state index is 0.523. The molecule has 0 aliphatic rings. The third-order valence-electron chi connectivity index (χ3n) is 3.49. The molecule has 3 aromatic rings. The zero-order chi connectivity index (χ0) is 15.7. The number of aromatic nitrogens is 2. The molecule has 0 bridgehead atoms. The van der Waals surface area contributed by atoms with E-state index in [-0.39, 0.29) is 0 Å². The van der Waals surface area contributed by atoms with Crippen LogP contribution in [-0.2, 0) is 0 Å². The average molecular weight is 293 g/mol. The van der Waals surface area contributed by atoms with E-state index < -0.39 is 0 Å². The monoisotopic (exact) mass is 293 g/mol. The van der Waals surface area contributed by atoms with E-state index in [1.807, 2.05) is 60.7 Å². The molecule has 0 atom stereocenters. The summed E-state index contributed by atoms with van der Waals surface area (Å²) in [5.74, 6) is 1.47. The van der Waals surface area contributed by atoms with Crippen LogP contribution < -0.4 is 10.5 Å². The van der Waals surface area contributed by atoms with Crippen molar-refractivity contribution in [3.05, 3.63) is 60.3 Å². The van der Waals surface area contributed by atoms with Crippen LogP contribution in [0.2, 0.25) is 0 Å². The molecule has 1 aromatic carbocycles. The molecule has 0 radical (unpaired) electrons. The number of imidazole rings is 1. The normalized spacial score (nSPS) is 10.8. The zero-order valence-electron chi connectivity index (χ0n) is 12.8. The molecule has 0 aliphatic heterocycles. The van der Waals surface area contributed by atoms with Gasteiger partial charge < -0.3 is 10.5 Å². The molecule has 2 N–H and O–H groups in total. The summed E-state index contributed by atoms with van der Waals surface area (Å²) in [7, 11) is 0. The van der Waals surface area contributed by atoms with Crippen LogP contribution in [0.15, 0.2) is 54.6 Å². The highest BCUT2D eigenvalue weighted by molar-refractivity contribution is 5.75. The van der Waals surface area contributed by atoms with Crippen LogP contribution in [0.25, 0.3) is 16.9 Å². The van der Waals surface area contributed by atoms with Crippen molar-refractivity contribution in [1.29, 1.82) is 0 Å². The maximum Gasteiger partial charge on any atom is 0.139 e. The first kappa shape index (κ1) is 14.2. The van der Waals surface area contributed by atoms with E-state index in [1.165, 1.54) is 0 Å². The van der Waals surface area contributed by atoms with Gasteiger partial charge in [0.05, 0.1) is 0 Å². The van der Waals surface area contributed by atoms with Gasteiger partial charge in [0, 0.05) is 11.3 Å². The van der Waals surface area contributed by atoms with Crippen molar-refractivity contribution in [2.45, 2.75) is 13.8 Å². The van der Waals surface area contributed by atoms with Gasteiger partial charge in [-0.2, -0.15) is 0 Å². The minimum atomic E-state index is 0.523. The number of nitrogen functional groups attached to an aromatic ring is 1. The second kappa shape index (κ2) is 5.56. The van der Waals surface area contributed by atoms with Crippen molar-refractivity contribution in [2.75, 3.05) is 12.3 Å². The molecule has 0 amide bonds. The number of anilines is 1. The molecule has 4 heteroatoms. The second-order valence-electron chi connectivity index (χ2n) is 5.48. The number of nitrogens with two attached hydrogens (primary N) is 1. The van der Waals surface area contributed by atoms with E-state index in [9.17, 15) is 0 Å². The topological polar surface area (TPSA) is 52.5 Å². The Morgan fingerprint density at radius 3 is 2.59 bits per heavy atom. The number of pyridine rings is 1. The van der Waals surface area contributed by atoms with Crippen molar-refractivity contribution in [2.24, 2.45) is 0 Å². The Bertz CT molecular complexity index is 831. The van der Waals surface area contributed by atoms with Gasteiger partial charge in [0.1, 0.15) is 29.5 Å². The summed E-state index contributed by atoms with van der Waals surface area (Å²) in [6.07, 6.45) is 0. The van der Waals surface area contributed by atoms with Crippen LogP contribution in [0.1, 0.15) is 12.6 Å². The fraction of sp³-hybridized carbons (Fsp3) is 0.167. The molecule has 0 aliphatic carbocycles. The lowest BCUT2D eigenvalue weighted by Gasteiger charge is -2.06. The molecule has 22 heavy (non-hydrogen) atoms. The molecule has 0 fully saturated rings. The molecule has 112 valence electrons. The van der Waals surface area contributed by atoms with Crippen LogP contribution in [0.3, 0.4) is 0 Å². The van der Waals surface area contributed by atoms with Crippen molar-refractivity contribution in [1.82, 2.24) is 9.38 Å². The van der Waals surface area contributed by atoms with Crippen LogP contribution in [0, 0.1) is 6.92 Å². The Hall–Kier alpha value is -2.75. The van der Waals surface area contributed by atoms with Gasteiger partial charge in [-0.25, -0.2) is 4.98 Å². The van der Waals surface area contributed by atoms with Crippen LogP contribution >= 0.6 is 0 Å². The molecule has 0 saturated heterocycles. The summed E-state index contributed by atoms with van der Waals surface area (Å²) in [6, 6.07) is 13.8. The third kappa shape index (κ3) is 2.55. The number of ether oxygens (including phenoxy) is 1. The second-order valence-corrected chi connectivity index (χ2v) is 5.48. The van der Waals surface area contributed by atoms with Gasteiger partial charge in [0.25, 0.3) is 0 Å². The Balaban J connectivity index is 1.96.